The highest BCUT2D eigenvalue weighted by Gasteiger charge is 2.24. The average Bonchev–Trinajstić information content (AvgIpc) is 3.20. The van der Waals surface area contributed by atoms with Crippen LogP contribution in [0.5, 0.6) is 0 Å². The number of nitrogen functional groups attached to an aromatic ring is 1. The van der Waals surface area contributed by atoms with E-state index in [1.54, 1.807) is 0 Å². The van der Waals surface area contributed by atoms with Gasteiger partial charge in [0.05, 0.1) is 0 Å². The van der Waals surface area contributed by atoms with Gasteiger partial charge < -0.3 is 15.6 Å². The summed E-state index contributed by atoms with van der Waals surface area (Å²) < 4.78 is 31.1. The maximum atomic E-state index is 14.2. The molecule has 1 unspecified atom stereocenters. The molecule has 0 radical (unpaired) electrons. The van der Waals surface area contributed by atoms with Gasteiger partial charge in [0.1, 0.15) is 12.0 Å². The van der Waals surface area contributed by atoms with Gasteiger partial charge in [-0.2, -0.15) is 14.4 Å². The summed E-state index contributed by atoms with van der Waals surface area (Å²) in [5, 5.41) is 3.13. The van der Waals surface area contributed by atoms with Crippen molar-refractivity contribution in [3.05, 3.63) is 44.3 Å². The minimum absolute atomic E-state index is 0.0372. The fourth-order valence-corrected chi connectivity index (χ4v) is 4.63. The van der Waals surface area contributed by atoms with Gasteiger partial charge in [0.25, 0.3) is 0 Å². The molecule has 6 nitrogen and oxygen atoms in total. The van der Waals surface area contributed by atoms with Gasteiger partial charge in [0.2, 0.25) is 0 Å². The number of nitrogens with zero attached hydrogens (tertiary/aromatic N) is 4. The Morgan fingerprint density at radius 1 is 1.28 bits per heavy atom. The van der Waals surface area contributed by atoms with E-state index in [4.69, 9.17) is 5.73 Å². The Balaban J connectivity index is 1.73. The lowest BCUT2D eigenvalue weighted by Gasteiger charge is -2.12. The molecule has 0 spiro atoms. The highest BCUT2D eigenvalue weighted by molar-refractivity contribution is 14.1. The normalized spacial score (nSPS) is 15.9. The minimum atomic E-state index is -0.906. The Labute approximate surface area is 181 Å². The van der Waals surface area contributed by atoms with E-state index in [1.165, 1.54) is 0 Å². The average molecular weight is 512 g/mol. The van der Waals surface area contributed by atoms with Gasteiger partial charge in [0.15, 0.2) is 17.0 Å². The van der Waals surface area contributed by atoms with Crippen LogP contribution in [0.25, 0.3) is 11.2 Å². The van der Waals surface area contributed by atoms with Crippen molar-refractivity contribution in [2.24, 2.45) is 0 Å². The molecule has 0 saturated heterocycles. The summed E-state index contributed by atoms with van der Waals surface area (Å²) in [6.45, 7) is 1.55. The molecule has 4 rings (SSSR count). The second kappa shape index (κ2) is 8.47. The lowest BCUT2D eigenvalue weighted by molar-refractivity contribution is 0.343. The smallest absolute Gasteiger partial charge is 0.312 e. The van der Waals surface area contributed by atoms with E-state index >= 15 is 0 Å². The van der Waals surface area contributed by atoms with Crippen LogP contribution in [-0.2, 0) is 19.4 Å². The zero-order chi connectivity index (χ0) is 20.5. The van der Waals surface area contributed by atoms with Crippen LogP contribution in [0.3, 0.4) is 0 Å². The number of fused-ring (bicyclic) bond motifs is 2. The summed E-state index contributed by atoms with van der Waals surface area (Å²) in [6, 6.07) is 4.02. The number of imidazole rings is 1. The van der Waals surface area contributed by atoms with E-state index in [2.05, 4.69) is 48.9 Å². The van der Waals surface area contributed by atoms with Gasteiger partial charge in [-0.3, -0.25) is 0 Å². The van der Waals surface area contributed by atoms with Crippen molar-refractivity contribution in [3.63, 3.8) is 0 Å². The molecule has 29 heavy (non-hydrogen) atoms. The lowest BCUT2D eigenvalue weighted by atomic mass is 10.0. The van der Waals surface area contributed by atoms with Gasteiger partial charge in [-0.05, 0) is 84.6 Å². The monoisotopic (exact) mass is 512 g/mol. The molecule has 154 valence electrons. The van der Waals surface area contributed by atoms with Gasteiger partial charge in [-0.15, -0.1) is 0 Å². The summed E-state index contributed by atoms with van der Waals surface area (Å²) in [7, 11) is 1.91. The maximum Gasteiger partial charge on any atom is 0.312 e. The van der Waals surface area contributed by atoms with Gasteiger partial charge in [0, 0.05) is 16.5 Å². The summed E-state index contributed by atoms with van der Waals surface area (Å²) in [5.74, 6) is 0.775. The van der Waals surface area contributed by atoms with Crippen LogP contribution < -0.4 is 11.1 Å². The second-order valence-corrected chi connectivity index (χ2v) is 8.53. The molecule has 0 bridgehead atoms. The fraction of sp³-hybridized carbons (Fsp3) is 0.450. The topological polar surface area (TPSA) is 81.7 Å². The minimum Gasteiger partial charge on any atom is -0.382 e. The number of rotatable bonds is 7. The van der Waals surface area contributed by atoms with E-state index in [0.717, 1.165) is 51.9 Å². The van der Waals surface area contributed by atoms with Crippen LogP contribution in [0.2, 0.25) is 0 Å². The second-order valence-electron chi connectivity index (χ2n) is 7.37. The summed E-state index contributed by atoms with van der Waals surface area (Å²) in [6.07, 6.45) is 1.92. The Hall–Kier alpha value is -1.88. The fourth-order valence-electron chi connectivity index (χ4n) is 3.91. The summed E-state index contributed by atoms with van der Waals surface area (Å²) in [4.78, 5) is 12.2. The Morgan fingerprint density at radius 2 is 2.10 bits per heavy atom. The van der Waals surface area contributed by atoms with Crippen molar-refractivity contribution < 1.29 is 8.78 Å². The number of nitrogens with one attached hydrogen (secondary N) is 1. The molecule has 2 heterocycles. The Morgan fingerprint density at radius 3 is 2.90 bits per heavy atom. The quantitative estimate of drug-likeness (QED) is 0.287. The number of aryl methyl sites for hydroxylation is 2. The van der Waals surface area contributed by atoms with Crippen molar-refractivity contribution in [1.82, 2.24) is 24.8 Å². The third-order valence-electron chi connectivity index (χ3n) is 5.39. The SMILES string of the molecule is CNCCCCn1c(Cc2cc3c(cc2I)CCC3F)nc2c(N)nc(F)nc21. The first-order valence-electron chi connectivity index (χ1n) is 9.76. The lowest BCUT2D eigenvalue weighted by Crippen LogP contribution is -2.11. The first kappa shape index (κ1) is 20.4. The van der Waals surface area contributed by atoms with E-state index in [-0.39, 0.29) is 5.82 Å². The zero-order valence-electron chi connectivity index (χ0n) is 16.2. The highest BCUT2D eigenvalue weighted by Crippen LogP contribution is 2.36. The van der Waals surface area contributed by atoms with Crippen molar-refractivity contribution in [3.8, 4) is 0 Å². The summed E-state index contributed by atoms with van der Waals surface area (Å²) >= 11 is 2.29. The van der Waals surface area contributed by atoms with Crippen LogP contribution in [0.4, 0.5) is 14.6 Å². The molecular weight excluding hydrogens is 489 g/mol. The number of unbranched alkanes of at least 4 members (excludes halogenated alkanes) is 1. The van der Waals surface area contributed by atoms with Gasteiger partial charge in [-0.1, -0.05) is 6.07 Å². The molecule has 1 aliphatic rings. The van der Waals surface area contributed by atoms with Crippen molar-refractivity contribution in [2.75, 3.05) is 19.3 Å². The highest BCUT2D eigenvalue weighted by atomic mass is 127. The number of aromatic nitrogens is 4. The summed E-state index contributed by atoms with van der Waals surface area (Å²) in [5.41, 5.74) is 9.60. The third kappa shape index (κ3) is 4.07. The Kier molecular flexibility index (Phi) is 5.95. The molecule has 1 aromatic carbocycles. The molecule has 0 saturated carbocycles. The zero-order valence-corrected chi connectivity index (χ0v) is 18.3. The van der Waals surface area contributed by atoms with Crippen molar-refractivity contribution in [1.29, 1.82) is 0 Å². The third-order valence-corrected chi connectivity index (χ3v) is 6.40. The number of halogens is 3. The van der Waals surface area contributed by atoms with Crippen molar-refractivity contribution in [2.45, 2.75) is 44.8 Å². The Bertz CT molecular complexity index is 1050. The van der Waals surface area contributed by atoms with Crippen LogP contribution in [0.1, 0.15) is 47.9 Å². The van der Waals surface area contributed by atoms with Crippen LogP contribution in [0.15, 0.2) is 12.1 Å². The number of hydrogen-bond donors (Lipinski definition) is 2. The predicted octanol–water partition coefficient (Wildman–Crippen LogP) is 3.70. The largest absolute Gasteiger partial charge is 0.382 e. The molecular formula is C20H23F2IN6. The number of nitrogens with two attached hydrogens (primary N) is 1. The van der Waals surface area contributed by atoms with Crippen LogP contribution in [0, 0.1) is 9.65 Å². The standard InChI is InChI=1S/C20H23F2IN6/c1-25-6-2-3-7-29-16(26-17-18(24)27-20(22)28-19(17)29)10-12-8-13-11(9-15(12)23)4-5-14(13)21/h8-9,14,25H,2-7,10H2,1H3,(H2,24,27,28). The van der Waals surface area contributed by atoms with E-state index in [0.29, 0.717) is 30.6 Å². The van der Waals surface area contributed by atoms with Gasteiger partial charge in [-0.25, -0.2) is 9.37 Å². The van der Waals surface area contributed by atoms with E-state index < -0.39 is 12.2 Å². The van der Waals surface area contributed by atoms with E-state index in [9.17, 15) is 8.78 Å². The molecule has 9 heteroatoms. The number of anilines is 1. The molecule has 2 aromatic heterocycles. The molecule has 0 aliphatic heterocycles. The number of hydrogen-bond acceptors (Lipinski definition) is 5. The van der Waals surface area contributed by atoms with Crippen LogP contribution in [-0.4, -0.2) is 33.1 Å². The first-order chi connectivity index (χ1) is 14.0. The maximum absolute atomic E-state index is 14.2. The predicted molar refractivity (Wildman–Crippen MR) is 117 cm³/mol. The van der Waals surface area contributed by atoms with Gasteiger partial charge >= 0.3 is 6.08 Å². The number of alkyl halides is 1. The molecule has 1 aliphatic carbocycles. The molecule has 1 atom stereocenters. The van der Waals surface area contributed by atoms with Crippen molar-refractivity contribution >= 4 is 39.6 Å². The molecule has 3 N–H and O–H groups in total. The molecule has 0 fully saturated rings. The van der Waals surface area contributed by atoms with Crippen LogP contribution >= 0.6 is 22.6 Å². The first-order valence-corrected chi connectivity index (χ1v) is 10.8. The molecule has 0 amide bonds. The molecule has 3 aromatic rings. The van der Waals surface area contributed by atoms with E-state index in [1.807, 2.05) is 17.7 Å². The number of benzene rings is 1.